The Morgan fingerprint density at radius 1 is 1.12 bits per heavy atom. The lowest BCUT2D eigenvalue weighted by molar-refractivity contribution is -0.130. The SMILES string of the molecule is O=C(NCC1CCN(c2ccccn2)CC1)C1COc2ccccc2O1. The topological polar surface area (TPSA) is 63.7 Å². The highest BCUT2D eigenvalue weighted by Crippen LogP contribution is 2.31. The molecule has 6 nitrogen and oxygen atoms in total. The van der Waals surface area contributed by atoms with Gasteiger partial charge >= 0.3 is 0 Å². The summed E-state index contributed by atoms with van der Waals surface area (Å²) in [6.45, 7) is 2.86. The number of hydrogen-bond acceptors (Lipinski definition) is 5. The number of fused-ring (bicyclic) bond motifs is 1. The van der Waals surface area contributed by atoms with Crippen LogP contribution in [0.15, 0.2) is 48.7 Å². The van der Waals surface area contributed by atoms with Gasteiger partial charge < -0.3 is 19.7 Å². The van der Waals surface area contributed by atoms with E-state index in [0.29, 0.717) is 24.0 Å². The minimum absolute atomic E-state index is 0.105. The summed E-state index contributed by atoms with van der Waals surface area (Å²) in [5.41, 5.74) is 0. The molecule has 0 bridgehead atoms. The summed E-state index contributed by atoms with van der Waals surface area (Å²) in [4.78, 5) is 19.1. The van der Waals surface area contributed by atoms with Gasteiger partial charge in [0.25, 0.3) is 5.91 Å². The van der Waals surface area contributed by atoms with Gasteiger partial charge in [0.15, 0.2) is 11.5 Å². The van der Waals surface area contributed by atoms with Crippen molar-refractivity contribution >= 4 is 11.7 Å². The van der Waals surface area contributed by atoms with E-state index in [1.54, 1.807) is 0 Å². The second-order valence-electron chi connectivity index (χ2n) is 6.73. The summed E-state index contributed by atoms with van der Waals surface area (Å²) in [5, 5.41) is 3.03. The van der Waals surface area contributed by atoms with Gasteiger partial charge in [0.05, 0.1) is 0 Å². The first-order valence-electron chi connectivity index (χ1n) is 9.12. The van der Waals surface area contributed by atoms with Crippen LogP contribution in [-0.4, -0.2) is 43.2 Å². The van der Waals surface area contributed by atoms with Gasteiger partial charge in [-0.2, -0.15) is 0 Å². The highest BCUT2D eigenvalue weighted by atomic mass is 16.6. The fraction of sp³-hybridized carbons (Fsp3) is 0.400. The van der Waals surface area contributed by atoms with Crippen LogP contribution in [0.5, 0.6) is 11.5 Å². The van der Waals surface area contributed by atoms with Gasteiger partial charge in [0.1, 0.15) is 12.4 Å². The Morgan fingerprint density at radius 3 is 2.65 bits per heavy atom. The van der Waals surface area contributed by atoms with Crippen LogP contribution in [0.25, 0.3) is 0 Å². The molecule has 0 radical (unpaired) electrons. The number of anilines is 1. The van der Waals surface area contributed by atoms with Crippen molar-refractivity contribution in [1.82, 2.24) is 10.3 Å². The Kier molecular flexibility index (Phi) is 4.91. The van der Waals surface area contributed by atoms with Crippen LogP contribution in [0.2, 0.25) is 0 Å². The first kappa shape index (κ1) is 16.7. The fourth-order valence-electron chi connectivity index (χ4n) is 3.41. The molecule has 1 aromatic heterocycles. The molecule has 1 unspecified atom stereocenters. The molecule has 2 aliphatic rings. The van der Waals surface area contributed by atoms with Crippen LogP contribution in [0.1, 0.15) is 12.8 Å². The molecule has 6 heteroatoms. The summed E-state index contributed by atoms with van der Waals surface area (Å²) in [5.74, 6) is 2.73. The first-order chi connectivity index (χ1) is 12.8. The highest BCUT2D eigenvalue weighted by Gasteiger charge is 2.28. The number of piperidine rings is 1. The number of amides is 1. The molecule has 0 spiro atoms. The van der Waals surface area contributed by atoms with E-state index in [9.17, 15) is 4.79 Å². The molecule has 26 heavy (non-hydrogen) atoms. The van der Waals surface area contributed by atoms with Gasteiger partial charge in [-0.15, -0.1) is 0 Å². The quantitative estimate of drug-likeness (QED) is 0.913. The lowest BCUT2D eigenvalue weighted by Gasteiger charge is -2.33. The molecule has 3 heterocycles. The van der Waals surface area contributed by atoms with Gasteiger partial charge in [-0.3, -0.25) is 4.79 Å². The number of aromatic nitrogens is 1. The predicted molar refractivity (Wildman–Crippen MR) is 98.5 cm³/mol. The van der Waals surface area contributed by atoms with Crippen molar-refractivity contribution < 1.29 is 14.3 Å². The molecule has 1 fully saturated rings. The molecular formula is C20H23N3O3. The standard InChI is InChI=1S/C20H23N3O3/c24-20(18-14-25-16-5-1-2-6-17(16)26-18)22-13-15-8-11-23(12-9-15)19-7-3-4-10-21-19/h1-7,10,15,18H,8-9,11-14H2,(H,22,24). The second kappa shape index (κ2) is 7.64. The number of carbonyl (C=O) groups is 1. The normalized spacial score (nSPS) is 19.8. The minimum Gasteiger partial charge on any atom is -0.485 e. The first-order valence-corrected chi connectivity index (χ1v) is 9.12. The highest BCUT2D eigenvalue weighted by molar-refractivity contribution is 5.81. The lowest BCUT2D eigenvalue weighted by Crippen LogP contribution is -2.46. The zero-order chi connectivity index (χ0) is 17.8. The van der Waals surface area contributed by atoms with Crippen LogP contribution in [0.3, 0.4) is 0 Å². The number of nitrogens with zero attached hydrogens (tertiary/aromatic N) is 2. The molecule has 1 saturated heterocycles. The third-order valence-electron chi connectivity index (χ3n) is 4.95. The van der Waals surface area contributed by atoms with E-state index >= 15 is 0 Å². The maximum atomic E-state index is 12.4. The predicted octanol–water partition coefficient (Wildman–Crippen LogP) is 2.25. The van der Waals surface area contributed by atoms with Crippen molar-refractivity contribution in [1.29, 1.82) is 0 Å². The molecule has 1 amide bonds. The number of para-hydroxylation sites is 2. The smallest absolute Gasteiger partial charge is 0.264 e. The fourth-order valence-corrected chi connectivity index (χ4v) is 3.41. The van der Waals surface area contributed by atoms with Crippen molar-refractivity contribution in [3.05, 3.63) is 48.7 Å². The van der Waals surface area contributed by atoms with Crippen molar-refractivity contribution in [3.8, 4) is 11.5 Å². The number of rotatable bonds is 4. The Morgan fingerprint density at radius 2 is 1.88 bits per heavy atom. The number of ether oxygens (including phenoxy) is 2. The van der Waals surface area contributed by atoms with E-state index in [1.807, 2.05) is 48.7 Å². The number of pyridine rings is 1. The van der Waals surface area contributed by atoms with E-state index in [4.69, 9.17) is 9.47 Å². The van der Waals surface area contributed by atoms with E-state index in [1.165, 1.54) is 0 Å². The van der Waals surface area contributed by atoms with Crippen LogP contribution in [-0.2, 0) is 4.79 Å². The molecule has 2 aromatic rings. The van der Waals surface area contributed by atoms with E-state index in [2.05, 4.69) is 15.2 Å². The number of nitrogens with one attached hydrogen (secondary N) is 1. The van der Waals surface area contributed by atoms with E-state index in [0.717, 1.165) is 31.7 Å². The average Bonchev–Trinajstić information content (AvgIpc) is 2.72. The second-order valence-corrected chi connectivity index (χ2v) is 6.73. The van der Waals surface area contributed by atoms with Crippen molar-refractivity contribution in [3.63, 3.8) is 0 Å². The Balaban J connectivity index is 1.23. The molecule has 136 valence electrons. The maximum Gasteiger partial charge on any atom is 0.264 e. The lowest BCUT2D eigenvalue weighted by atomic mass is 9.96. The molecule has 4 rings (SSSR count). The minimum atomic E-state index is -0.585. The van der Waals surface area contributed by atoms with Gasteiger partial charge in [-0.25, -0.2) is 4.98 Å². The zero-order valence-corrected chi connectivity index (χ0v) is 14.6. The van der Waals surface area contributed by atoms with Crippen LogP contribution in [0.4, 0.5) is 5.82 Å². The van der Waals surface area contributed by atoms with Crippen molar-refractivity contribution in [2.24, 2.45) is 5.92 Å². The molecule has 0 aliphatic carbocycles. The largest absolute Gasteiger partial charge is 0.485 e. The molecule has 1 aromatic carbocycles. The summed E-state index contributed by atoms with van der Waals surface area (Å²) in [7, 11) is 0. The summed E-state index contributed by atoms with van der Waals surface area (Å²) < 4.78 is 11.4. The van der Waals surface area contributed by atoms with Gasteiger partial charge in [0, 0.05) is 25.8 Å². The molecule has 1 atom stereocenters. The average molecular weight is 353 g/mol. The van der Waals surface area contributed by atoms with Gasteiger partial charge in [-0.05, 0) is 43.0 Å². The van der Waals surface area contributed by atoms with E-state index in [-0.39, 0.29) is 12.5 Å². The molecule has 2 aliphatic heterocycles. The Labute approximate surface area is 153 Å². The van der Waals surface area contributed by atoms with E-state index < -0.39 is 6.10 Å². The van der Waals surface area contributed by atoms with Crippen LogP contribution < -0.4 is 19.7 Å². The Bertz CT molecular complexity index is 745. The summed E-state index contributed by atoms with van der Waals surface area (Å²) in [6.07, 6.45) is 3.33. The third kappa shape index (κ3) is 3.74. The monoisotopic (exact) mass is 353 g/mol. The molecule has 1 N–H and O–H groups in total. The molecule has 0 saturated carbocycles. The number of benzene rings is 1. The van der Waals surface area contributed by atoms with Crippen molar-refractivity contribution in [2.45, 2.75) is 18.9 Å². The number of hydrogen-bond donors (Lipinski definition) is 1. The molecular weight excluding hydrogens is 330 g/mol. The van der Waals surface area contributed by atoms with Crippen LogP contribution >= 0.6 is 0 Å². The van der Waals surface area contributed by atoms with Gasteiger partial charge in [0.2, 0.25) is 6.10 Å². The number of carbonyl (C=O) groups excluding carboxylic acids is 1. The summed E-state index contributed by atoms with van der Waals surface area (Å²) in [6, 6.07) is 13.4. The summed E-state index contributed by atoms with van der Waals surface area (Å²) >= 11 is 0. The Hall–Kier alpha value is -2.76. The third-order valence-corrected chi connectivity index (χ3v) is 4.95. The maximum absolute atomic E-state index is 12.4. The van der Waals surface area contributed by atoms with Crippen molar-refractivity contribution in [2.75, 3.05) is 31.1 Å². The zero-order valence-electron chi connectivity index (χ0n) is 14.6. The van der Waals surface area contributed by atoms with Gasteiger partial charge in [-0.1, -0.05) is 18.2 Å². The van der Waals surface area contributed by atoms with Crippen LogP contribution in [0, 0.1) is 5.92 Å².